The van der Waals surface area contributed by atoms with E-state index in [9.17, 15) is 0 Å². The predicted molar refractivity (Wildman–Crippen MR) is 68.5 cm³/mol. The van der Waals surface area contributed by atoms with E-state index in [1.807, 2.05) is 35.9 Å². The van der Waals surface area contributed by atoms with Crippen molar-refractivity contribution in [2.75, 3.05) is 12.3 Å². The maximum absolute atomic E-state index is 6.11. The molecule has 0 aliphatic carbocycles. The number of hydrogen-bond donors (Lipinski definition) is 1. The molecular weight excluding hydrogens is 214 g/mol. The molecule has 0 radical (unpaired) electrons. The molecule has 0 spiro atoms. The first-order valence-corrected chi connectivity index (χ1v) is 5.75. The second-order valence-corrected chi connectivity index (χ2v) is 3.88. The fraction of sp³-hybridized carbons (Fsp3) is 0.308. The van der Waals surface area contributed by atoms with E-state index in [0.717, 1.165) is 23.7 Å². The van der Waals surface area contributed by atoms with Crippen LogP contribution in [-0.2, 0) is 0 Å². The Kier molecular flexibility index (Phi) is 3.32. The number of imidazole rings is 1. The highest BCUT2D eigenvalue weighted by molar-refractivity contribution is 5.66. The van der Waals surface area contributed by atoms with Gasteiger partial charge in [0.2, 0.25) is 0 Å². The van der Waals surface area contributed by atoms with Crippen LogP contribution >= 0.6 is 0 Å². The molecule has 2 rings (SSSR count). The van der Waals surface area contributed by atoms with Crippen molar-refractivity contribution in [3.05, 3.63) is 36.4 Å². The Morgan fingerprint density at radius 2 is 2.24 bits per heavy atom. The SMILES string of the molecule is CCCOc1cccc(-n2ccnc2C)c1N. The summed E-state index contributed by atoms with van der Waals surface area (Å²) < 4.78 is 7.56. The van der Waals surface area contributed by atoms with Crippen LogP contribution in [0.15, 0.2) is 30.6 Å². The maximum atomic E-state index is 6.11. The van der Waals surface area contributed by atoms with Crippen molar-refractivity contribution in [2.24, 2.45) is 0 Å². The number of benzene rings is 1. The van der Waals surface area contributed by atoms with Gasteiger partial charge in [0.05, 0.1) is 18.0 Å². The van der Waals surface area contributed by atoms with Crippen LogP contribution in [0.1, 0.15) is 19.2 Å². The molecule has 0 aliphatic heterocycles. The Bertz CT molecular complexity index is 505. The third-order valence-electron chi connectivity index (χ3n) is 2.59. The number of rotatable bonds is 4. The first-order valence-electron chi connectivity index (χ1n) is 5.75. The van der Waals surface area contributed by atoms with Crippen LogP contribution in [0.25, 0.3) is 5.69 Å². The molecular formula is C13H17N3O. The number of ether oxygens (including phenoxy) is 1. The molecule has 4 nitrogen and oxygen atoms in total. The van der Waals surface area contributed by atoms with Crippen molar-refractivity contribution in [2.45, 2.75) is 20.3 Å². The topological polar surface area (TPSA) is 53.1 Å². The molecule has 1 aromatic heterocycles. The Morgan fingerprint density at radius 3 is 2.88 bits per heavy atom. The van der Waals surface area contributed by atoms with Crippen molar-refractivity contribution in [1.82, 2.24) is 9.55 Å². The van der Waals surface area contributed by atoms with E-state index in [1.54, 1.807) is 6.20 Å². The lowest BCUT2D eigenvalue weighted by Crippen LogP contribution is -2.04. The van der Waals surface area contributed by atoms with Gasteiger partial charge in [0.1, 0.15) is 11.6 Å². The molecule has 1 aromatic carbocycles. The Morgan fingerprint density at radius 1 is 1.41 bits per heavy atom. The van der Waals surface area contributed by atoms with E-state index in [1.165, 1.54) is 0 Å². The molecule has 0 saturated heterocycles. The van der Waals surface area contributed by atoms with Gasteiger partial charge in [-0.3, -0.25) is 0 Å². The smallest absolute Gasteiger partial charge is 0.144 e. The van der Waals surface area contributed by atoms with E-state index < -0.39 is 0 Å². The summed E-state index contributed by atoms with van der Waals surface area (Å²) in [7, 11) is 0. The summed E-state index contributed by atoms with van der Waals surface area (Å²) in [6.07, 6.45) is 4.62. The quantitative estimate of drug-likeness (QED) is 0.823. The zero-order valence-electron chi connectivity index (χ0n) is 10.2. The van der Waals surface area contributed by atoms with Gasteiger partial charge in [-0.05, 0) is 25.5 Å². The van der Waals surface area contributed by atoms with Gasteiger partial charge in [0, 0.05) is 12.4 Å². The minimum absolute atomic E-state index is 0.655. The van der Waals surface area contributed by atoms with Crippen molar-refractivity contribution in [1.29, 1.82) is 0 Å². The Hall–Kier alpha value is -1.97. The van der Waals surface area contributed by atoms with E-state index in [2.05, 4.69) is 11.9 Å². The molecule has 1 heterocycles. The van der Waals surface area contributed by atoms with Crippen LogP contribution in [0.5, 0.6) is 5.75 Å². The number of aryl methyl sites for hydroxylation is 1. The highest BCUT2D eigenvalue weighted by Gasteiger charge is 2.08. The summed E-state index contributed by atoms with van der Waals surface area (Å²) in [4.78, 5) is 4.19. The summed E-state index contributed by atoms with van der Waals surface area (Å²) in [6.45, 7) is 4.69. The van der Waals surface area contributed by atoms with Gasteiger partial charge in [-0.25, -0.2) is 4.98 Å². The lowest BCUT2D eigenvalue weighted by molar-refractivity contribution is 0.319. The number of para-hydroxylation sites is 1. The molecule has 2 N–H and O–H groups in total. The van der Waals surface area contributed by atoms with Crippen LogP contribution in [0.2, 0.25) is 0 Å². The first-order chi connectivity index (χ1) is 8.24. The summed E-state index contributed by atoms with van der Waals surface area (Å²) in [5, 5.41) is 0. The molecule has 0 aliphatic rings. The predicted octanol–water partition coefficient (Wildman–Crippen LogP) is 2.55. The summed E-state index contributed by atoms with van der Waals surface area (Å²) in [6, 6.07) is 5.79. The zero-order valence-corrected chi connectivity index (χ0v) is 10.2. The molecule has 0 fully saturated rings. The molecule has 0 unspecified atom stereocenters. The maximum Gasteiger partial charge on any atom is 0.144 e. The van der Waals surface area contributed by atoms with Crippen molar-refractivity contribution < 1.29 is 4.74 Å². The first kappa shape index (κ1) is 11.5. The average molecular weight is 231 g/mol. The number of aromatic nitrogens is 2. The molecule has 0 amide bonds. The number of nitrogens with zero attached hydrogens (tertiary/aromatic N) is 2. The van der Waals surface area contributed by atoms with Gasteiger partial charge in [-0.15, -0.1) is 0 Å². The highest BCUT2D eigenvalue weighted by Crippen LogP contribution is 2.28. The highest BCUT2D eigenvalue weighted by atomic mass is 16.5. The third kappa shape index (κ3) is 2.25. The fourth-order valence-corrected chi connectivity index (χ4v) is 1.71. The van der Waals surface area contributed by atoms with Crippen LogP contribution in [0, 0.1) is 6.92 Å². The number of hydrogen-bond acceptors (Lipinski definition) is 3. The monoisotopic (exact) mass is 231 g/mol. The summed E-state index contributed by atoms with van der Waals surface area (Å²) in [5.41, 5.74) is 7.68. The Balaban J connectivity index is 2.39. The lowest BCUT2D eigenvalue weighted by Gasteiger charge is -2.13. The zero-order chi connectivity index (χ0) is 12.3. The van der Waals surface area contributed by atoms with Gasteiger partial charge in [-0.1, -0.05) is 13.0 Å². The van der Waals surface area contributed by atoms with Gasteiger partial charge in [0.15, 0.2) is 0 Å². The minimum Gasteiger partial charge on any atom is -0.491 e. The normalized spacial score (nSPS) is 10.5. The second kappa shape index (κ2) is 4.91. The van der Waals surface area contributed by atoms with Gasteiger partial charge in [-0.2, -0.15) is 0 Å². The van der Waals surface area contributed by atoms with Crippen LogP contribution in [0.4, 0.5) is 5.69 Å². The van der Waals surface area contributed by atoms with Crippen LogP contribution in [-0.4, -0.2) is 16.2 Å². The van der Waals surface area contributed by atoms with E-state index in [4.69, 9.17) is 10.5 Å². The Labute approximate surface area is 101 Å². The van der Waals surface area contributed by atoms with Gasteiger partial charge >= 0.3 is 0 Å². The molecule has 0 bridgehead atoms. The summed E-state index contributed by atoms with van der Waals surface area (Å²) in [5.74, 6) is 1.64. The van der Waals surface area contributed by atoms with Crippen LogP contribution in [0.3, 0.4) is 0 Å². The van der Waals surface area contributed by atoms with E-state index in [0.29, 0.717) is 12.3 Å². The lowest BCUT2D eigenvalue weighted by atomic mass is 10.2. The molecule has 90 valence electrons. The van der Waals surface area contributed by atoms with Gasteiger partial charge in [0.25, 0.3) is 0 Å². The standard InChI is InChI=1S/C13H17N3O/c1-3-9-17-12-6-4-5-11(13(12)14)16-8-7-15-10(16)2/h4-8H,3,9,14H2,1-2H3. The molecule has 17 heavy (non-hydrogen) atoms. The van der Waals surface area contributed by atoms with Crippen LogP contribution < -0.4 is 10.5 Å². The molecule has 0 atom stereocenters. The number of nitrogen functional groups attached to an aromatic ring is 1. The largest absolute Gasteiger partial charge is 0.491 e. The fourth-order valence-electron chi connectivity index (χ4n) is 1.71. The van der Waals surface area contributed by atoms with E-state index in [-0.39, 0.29) is 0 Å². The molecule has 2 aromatic rings. The average Bonchev–Trinajstić information content (AvgIpc) is 2.74. The van der Waals surface area contributed by atoms with Crippen molar-refractivity contribution in [3.8, 4) is 11.4 Å². The van der Waals surface area contributed by atoms with E-state index >= 15 is 0 Å². The minimum atomic E-state index is 0.655. The van der Waals surface area contributed by atoms with Crippen molar-refractivity contribution >= 4 is 5.69 Å². The van der Waals surface area contributed by atoms with Crippen molar-refractivity contribution in [3.63, 3.8) is 0 Å². The summed E-state index contributed by atoms with van der Waals surface area (Å²) >= 11 is 0. The third-order valence-corrected chi connectivity index (χ3v) is 2.59. The molecule has 0 saturated carbocycles. The second-order valence-electron chi connectivity index (χ2n) is 3.88. The molecule has 4 heteroatoms. The number of anilines is 1. The van der Waals surface area contributed by atoms with Gasteiger partial charge < -0.3 is 15.0 Å². The number of nitrogens with two attached hydrogens (primary N) is 1.